The van der Waals surface area contributed by atoms with Crippen LogP contribution in [0.4, 0.5) is 5.82 Å². The van der Waals surface area contributed by atoms with Crippen LogP contribution in [0.5, 0.6) is 5.75 Å². The first-order valence-electron chi connectivity index (χ1n) is 11.0. The molecule has 6 nitrogen and oxygen atoms in total. The molecule has 0 saturated carbocycles. The number of anilines is 1. The molecule has 1 aromatic heterocycles. The second kappa shape index (κ2) is 11.0. The highest BCUT2D eigenvalue weighted by atomic mass is 32.2. The minimum atomic E-state index is -0.714. The van der Waals surface area contributed by atoms with Crippen LogP contribution >= 0.6 is 11.8 Å². The van der Waals surface area contributed by atoms with E-state index in [4.69, 9.17) is 4.74 Å². The largest absolute Gasteiger partial charge is 0.472 e. The lowest BCUT2D eigenvalue weighted by atomic mass is 10.1. The van der Waals surface area contributed by atoms with Crippen LogP contribution in [0.2, 0.25) is 0 Å². The van der Waals surface area contributed by atoms with Gasteiger partial charge in [0.15, 0.2) is 11.6 Å². The molecule has 0 radical (unpaired) electrons. The van der Waals surface area contributed by atoms with E-state index in [1.54, 1.807) is 28.9 Å². The third-order valence-electron chi connectivity index (χ3n) is 5.52. The predicted molar refractivity (Wildman–Crippen MR) is 131 cm³/mol. The molecule has 170 valence electrons. The summed E-state index contributed by atoms with van der Waals surface area (Å²) in [6.45, 7) is 0.994. The molecular formula is C26H27N3O3S. The molecule has 1 aliphatic rings. The Morgan fingerprint density at radius 1 is 1.09 bits per heavy atom. The summed E-state index contributed by atoms with van der Waals surface area (Å²) in [4.78, 5) is 32.7. The van der Waals surface area contributed by atoms with Crippen LogP contribution in [0.25, 0.3) is 0 Å². The van der Waals surface area contributed by atoms with E-state index in [-0.39, 0.29) is 11.8 Å². The Hall–Kier alpha value is -3.32. The Labute approximate surface area is 198 Å². The fourth-order valence-corrected chi connectivity index (χ4v) is 4.19. The van der Waals surface area contributed by atoms with E-state index in [0.29, 0.717) is 37.5 Å². The van der Waals surface area contributed by atoms with E-state index in [0.717, 1.165) is 12.0 Å². The third-order valence-corrected chi connectivity index (χ3v) is 6.27. The van der Waals surface area contributed by atoms with E-state index >= 15 is 0 Å². The van der Waals surface area contributed by atoms with Crippen LogP contribution in [-0.2, 0) is 16.0 Å². The Kier molecular flexibility index (Phi) is 7.62. The van der Waals surface area contributed by atoms with Crippen molar-refractivity contribution in [1.29, 1.82) is 0 Å². The topological polar surface area (TPSA) is 71.5 Å². The first kappa shape index (κ1) is 22.9. The first-order chi connectivity index (χ1) is 16.2. The molecule has 0 bridgehead atoms. The standard InChI is InChI=1S/C26H27N3O3S/c1-33-21-13-11-19(12-14-21)15-17-27-23(30)10-6-18-29-25-22(9-5-16-28-25)32-24(26(29)31)20-7-3-2-4-8-20/h2-5,7-9,11-14,16,24H,6,10,15,17-18H2,1H3,(H,27,30)/t24-/m1/s1. The molecule has 0 saturated heterocycles. The highest BCUT2D eigenvalue weighted by molar-refractivity contribution is 7.98. The molecule has 1 aliphatic heterocycles. The van der Waals surface area contributed by atoms with Crippen molar-refractivity contribution in [2.24, 2.45) is 0 Å². The zero-order chi connectivity index (χ0) is 23.0. The van der Waals surface area contributed by atoms with Crippen molar-refractivity contribution in [3.05, 3.63) is 84.1 Å². The Bertz CT molecular complexity index is 1090. The van der Waals surface area contributed by atoms with E-state index in [1.165, 1.54) is 10.5 Å². The van der Waals surface area contributed by atoms with E-state index < -0.39 is 6.10 Å². The number of nitrogens with one attached hydrogen (secondary N) is 1. The average molecular weight is 462 g/mol. The molecular weight excluding hydrogens is 434 g/mol. The maximum atomic E-state index is 13.2. The SMILES string of the molecule is CSc1ccc(CCNC(=O)CCCN2C(=O)[C@@H](c3ccccc3)Oc3cccnc32)cc1. The molecule has 2 heterocycles. The van der Waals surface area contributed by atoms with Crippen molar-refractivity contribution in [1.82, 2.24) is 10.3 Å². The second-order valence-corrected chi connectivity index (χ2v) is 8.65. The molecule has 4 rings (SSSR count). The van der Waals surface area contributed by atoms with Crippen LogP contribution in [0.1, 0.15) is 30.1 Å². The maximum absolute atomic E-state index is 13.2. The summed E-state index contributed by atoms with van der Waals surface area (Å²) in [7, 11) is 0. The second-order valence-electron chi connectivity index (χ2n) is 7.78. The average Bonchev–Trinajstić information content (AvgIpc) is 2.86. The molecule has 0 spiro atoms. The maximum Gasteiger partial charge on any atom is 0.274 e. The highest BCUT2D eigenvalue weighted by Gasteiger charge is 2.36. The number of fused-ring (bicyclic) bond motifs is 1. The number of nitrogens with zero attached hydrogens (tertiary/aromatic N) is 2. The third kappa shape index (κ3) is 5.73. The smallest absolute Gasteiger partial charge is 0.274 e. The molecule has 3 aromatic rings. The lowest BCUT2D eigenvalue weighted by Crippen LogP contribution is -2.42. The number of benzene rings is 2. The number of aromatic nitrogens is 1. The summed E-state index contributed by atoms with van der Waals surface area (Å²) < 4.78 is 5.96. The number of hydrogen-bond donors (Lipinski definition) is 1. The van der Waals surface area contributed by atoms with Crippen molar-refractivity contribution in [3.8, 4) is 5.75 Å². The molecule has 1 atom stereocenters. The van der Waals surface area contributed by atoms with E-state index in [2.05, 4.69) is 40.8 Å². The van der Waals surface area contributed by atoms with Crippen molar-refractivity contribution in [3.63, 3.8) is 0 Å². The first-order valence-corrected chi connectivity index (χ1v) is 12.3. The summed E-state index contributed by atoms with van der Waals surface area (Å²) in [5.41, 5.74) is 1.99. The Morgan fingerprint density at radius 2 is 1.88 bits per heavy atom. The summed E-state index contributed by atoms with van der Waals surface area (Å²) in [6.07, 6.45) is 4.65. The van der Waals surface area contributed by atoms with Crippen LogP contribution in [-0.4, -0.2) is 36.1 Å². The number of thioether (sulfide) groups is 1. The predicted octanol–water partition coefficient (Wildman–Crippen LogP) is 4.41. The van der Waals surface area contributed by atoms with Gasteiger partial charge in [-0.2, -0.15) is 0 Å². The molecule has 7 heteroatoms. The Balaban J connectivity index is 1.31. The molecule has 1 N–H and O–H groups in total. The number of ether oxygens (including phenoxy) is 1. The van der Waals surface area contributed by atoms with Crippen LogP contribution in [0, 0.1) is 0 Å². The minimum absolute atomic E-state index is 0.0164. The molecule has 2 aromatic carbocycles. The summed E-state index contributed by atoms with van der Waals surface area (Å²) in [5, 5.41) is 2.97. The quantitative estimate of drug-likeness (QED) is 0.478. The van der Waals surface area contributed by atoms with Gasteiger partial charge in [-0.05, 0) is 48.9 Å². The fourth-order valence-electron chi connectivity index (χ4n) is 3.78. The van der Waals surface area contributed by atoms with Gasteiger partial charge in [-0.3, -0.25) is 14.5 Å². The molecule has 2 amide bonds. The van der Waals surface area contributed by atoms with Gasteiger partial charge in [-0.25, -0.2) is 4.98 Å². The number of carbonyl (C=O) groups excluding carboxylic acids is 2. The molecule has 0 aliphatic carbocycles. The molecule has 33 heavy (non-hydrogen) atoms. The van der Waals surface area contributed by atoms with Gasteiger partial charge in [0.05, 0.1) is 0 Å². The van der Waals surface area contributed by atoms with Gasteiger partial charge in [0, 0.05) is 36.2 Å². The van der Waals surface area contributed by atoms with E-state index in [1.807, 2.05) is 36.4 Å². The van der Waals surface area contributed by atoms with Crippen molar-refractivity contribution >= 4 is 29.4 Å². The molecule has 0 unspecified atom stereocenters. The van der Waals surface area contributed by atoms with Gasteiger partial charge in [0.25, 0.3) is 5.91 Å². The van der Waals surface area contributed by atoms with Crippen molar-refractivity contribution in [2.75, 3.05) is 24.2 Å². The van der Waals surface area contributed by atoms with Crippen LogP contribution in [0.15, 0.2) is 77.8 Å². The van der Waals surface area contributed by atoms with Crippen LogP contribution < -0.4 is 15.0 Å². The monoisotopic (exact) mass is 461 g/mol. The minimum Gasteiger partial charge on any atom is -0.472 e. The Morgan fingerprint density at radius 3 is 2.64 bits per heavy atom. The fraction of sp³-hybridized carbons (Fsp3) is 0.269. The number of rotatable bonds is 9. The van der Waals surface area contributed by atoms with Gasteiger partial charge in [0.1, 0.15) is 0 Å². The zero-order valence-electron chi connectivity index (χ0n) is 18.6. The normalized spacial score (nSPS) is 15.0. The van der Waals surface area contributed by atoms with Crippen molar-refractivity contribution in [2.45, 2.75) is 30.3 Å². The van der Waals surface area contributed by atoms with Gasteiger partial charge in [-0.1, -0.05) is 42.5 Å². The summed E-state index contributed by atoms with van der Waals surface area (Å²) in [5.74, 6) is 0.894. The lowest BCUT2D eigenvalue weighted by Gasteiger charge is -2.33. The van der Waals surface area contributed by atoms with Crippen molar-refractivity contribution < 1.29 is 14.3 Å². The number of carbonyl (C=O) groups is 2. The summed E-state index contributed by atoms with van der Waals surface area (Å²) in [6, 6.07) is 21.4. The summed E-state index contributed by atoms with van der Waals surface area (Å²) >= 11 is 1.71. The number of amides is 2. The van der Waals surface area contributed by atoms with Gasteiger partial charge in [0.2, 0.25) is 12.0 Å². The van der Waals surface area contributed by atoms with Gasteiger partial charge < -0.3 is 10.1 Å². The van der Waals surface area contributed by atoms with E-state index in [9.17, 15) is 9.59 Å². The van der Waals surface area contributed by atoms with Crippen LogP contribution in [0.3, 0.4) is 0 Å². The lowest BCUT2D eigenvalue weighted by molar-refractivity contribution is -0.127. The van der Waals surface area contributed by atoms with Gasteiger partial charge >= 0.3 is 0 Å². The number of pyridine rings is 1. The number of hydrogen-bond acceptors (Lipinski definition) is 5. The van der Waals surface area contributed by atoms with Gasteiger partial charge in [-0.15, -0.1) is 11.8 Å². The zero-order valence-corrected chi connectivity index (χ0v) is 19.4. The highest BCUT2D eigenvalue weighted by Crippen LogP contribution is 2.37. The molecule has 0 fully saturated rings.